The van der Waals surface area contributed by atoms with Gasteiger partial charge in [-0.05, 0) is 82.2 Å². The van der Waals surface area contributed by atoms with E-state index in [0.29, 0.717) is 27.2 Å². The number of amides is 1. The molecule has 0 heterocycles. The highest BCUT2D eigenvalue weighted by Crippen LogP contribution is 2.36. The molecule has 7 heteroatoms. The van der Waals surface area contributed by atoms with Crippen molar-refractivity contribution in [1.29, 1.82) is 0 Å². The smallest absolute Gasteiger partial charge is 0.277 e. The van der Waals surface area contributed by atoms with Gasteiger partial charge in [-0.25, -0.2) is 5.43 Å². The predicted octanol–water partition coefficient (Wildman–Crippen LogP) is 5.64. The normalized spacial score (nSPS) is 12.1. The highest BCUT2D eigenvalue weighted by molar-refractivity contribution is 14.1. The van der Waals surface area contributed by atoms with E-state index < -0.39 is 0 Å². The van der Waals surface area contributed by atoms with Gasteiger partial charge < -0.3 is 14.6 Å². The van der Waals surface area contributed by atoms with Crippen molar-refractivity contribution in [3.8, 4) is 17.2 Å². The average molecular weight is 552 g/mol. The Labute approximate surface area is 204 Å². The molecule has 1 amide bonds. The number of phenolic OH excluding ortho intramolecular Hbond substituents is 1. The number of carbonyl (C=O) groups is 1. The summed E-state index contributed by atoms with van der Waals surface area (Å²) in [6, 6.07) is 11.3. The largest absolute Gasteiger partial charge is 0.504 e. The van der Waals surface area contributed by atoms with E-state index in [4.69, 9.17) is 9.47 Å². The lowest BCUT2D eigenvalue weighted by molar-refractivity contribution is -0.123. The van der Waals surface area contributed by atoms with Crippen molar-refractivity contribution in [2.45, 2.75) is 53.4 Å². The van der Waals surface area contributed by atoms with E-state index in [1.54, 1.807) is 12.1 Å². The molecule has 0 aliphatic carbocycles. The predicted molar refractivity (Wildman–Crippen MR) is 137 cm³/mol. The molecule has 0 radical (unpaired) electrons. The molecule has 174 valence electrons. The molecule has 0 unspecified atom stereocenters. The number of hydrazone groups is 1. The molecule has 2 aromatic rings. The van der Waals surface area contributed by atoms with Crippen LogP contribution in [-0.4, -0.2) is 30.4 Å². The summed E-state index contributed by atoms with van der Waals surface area (Å²) in [5, 5.41) is 14.0. The maximum Gasteiger partial charge on any atom is 0.277 e. The first-order valence-corrected chi connectivity index (χ1v) is 11.7. The van der Waals surface area contributed by atoms with Crippen molar-refractivity contribution in [1.82, 2.24) is 5.43 Å². The topological polar surface area (TPSA) is 80.2 Å². The van der Waals surface area contributed by atoms with Gasteiger partial charge in [0, 0.05) is 0 Å². The van der Waals surface area contributed by atoms with Crippen LogP contribution in [0.2, 0.25) is 0 Å². The second-order valence-corrected chi connectivity index (χ2v) is 10.7. The van der Waals surface area contributed by atoms with Gasteiger partial charge in [0.1, 0.15) is 5.75 Å². The highest BCUT2D eigenvalue weighted by Gasteiger charge is 2.27. The summed E-state index contributed by atoms with van der Waals surface area (Å²) in [5.41, 5.74) is 4.68. The van der Waals surface area contributed by atoms with Crippen LogP contribution < -0.4 is 14.9 Å². The van der Waals surface area contributed by atoms with Gasteiger partial charge >= 0.3 is 0 Å². The summed E-state index contributed by atoms with van der Waals surface area (Å²) in [7, 11) is 0. The summed E-state index contributed by atoms with van der Waals surface area (Å²) in [4.78, 5) is 12.1. The number of benzene rings is 2. The van der Waals surface area contributed by atoms with E-state index in [1.165, 1.54) is 11.8 Å². The minimum absolute atomic E-state index is 0.0525. The lowest BCUT2D eigenvalue weighted by Crippen LogP contribution is -2.25. The number of nitrogens with zero attached hydrogens (tertiary/aromatic N) is 1. The average Bonchev–Trinajstić information content (AvgIpc) is 2.69. The summed E-state index contributed by atoms with van der Waals surface area (Å²) >= 11 is 2.01. The number of carbonyl (C=O) groups excluding carboxylic acids is 1. The minimum atomic E-state index is -0.364. The third-order valence-corrected chi connectivity index (χ3v) is 5.55. The van der Waals surface area contributed by atoms with Crippen LogP contribution in [0.25, 0.3) is 0 Å². The zero-order valence-electron chi connectivity index (χ0n) is 19.7. The maximum atomic E-state index is 12.1. The molecule has 0 saturated heterocycles. The molecule has 0 fully saturated rings. The quantitative estimate of drug-likeness (QED) is 0.240. The Morgan fingerprint density at radius 2 is 1.78 bits per heavy atom. The summed E-state index contributed by atoms with van der Waals surface area (Å²) in [6.07, 6.45) is 2.56. The molecule has 0 atom stereocenters. The first-order chi connectivity index (χ1) is 14.9. The van der Waals surface area contributed by atoms with Crippen molar-refractivity contribution >= 4 is 34.7 Å². The molecule has 0 bridgehead atoms. The minimum Gasteiger partial charge on any atom is -0.504 e. The summed E-state index contributed by atoms with van der Waals surface area (Å²) in [6.45, 7) is 13.4. The molecular formula is C25H33IN2O4. The number of nitrogens with one attached hydrogen (secondary N) is 1. The second kappa shape index (κ2) is 11.0. The molecule has 0 aliphatic heterocycles. The van der Waals surface area contributed by atoms with E-state index in [9.17, 15) is 9.90 Å². The van der Waals surface area contributed by atoms with Crippen LogP contribution in [0.15, 0.2) is 41.5 Å². The molecule has 0 aliphatic rings. The Morgan fingerprint density at radius 1 is 1.12 bits per heavy atom. The van der Waals surface area contributed by atoms with Crippen LogP contribution in [0.4, 0.5) is 0 Å². The maximum absolute atomic E-state index is 12.1. The number of rotatable bonds is 9. The Bertz CT molecular complexity index is 948. The standard InChI is InChI=1S/C25H33IN2O4/c1-7-31-21-13-17(12-20(26)23(21)30)14-27-28-22(29)15-32-19-10-8-18(9-11-19)25(5,6)16-24(2,3)4/h8-14,30H,7,15-16H2,1-6H3,(H,28,29). The number of halogens is 1. The van der Waals surface area contributed by atoms with Crippen molar-refractivity contribution in [3.05, 3.63) is 51.1 Å². The van der Waals surface area contributed by atoms with Crippen LogP contribution >= 0.6 is 22.6 Å². The van der Waals surface area contributed by atoms with E-state index in [0.717, 1.165) is 6.42 Å². The molecule has 2 N–H and O–H groups in total. The molecule has 0 spiro atoms. The van der Waals surface area contributed by atoms with Crippen LogP contribution in [0.3, 0.4) is 0 Å². The fourth-order valence-corrected chi connectivity index (χ4v) is 4.35. The fourth-order valence-electron chi connectivity index (χ4n) is 3.72. The van der Waals surface area contributed by atoms with Gasteiger partial charge in [-0.15, -0.1) is 0 Å². The first-order valence-electron chi connectivity index (χ1n) is 10.6. The third-order valence-electron chi connectivity index (χ3n) is 4.73. The molecular weight excluding hydrogens is 519 g/mol. The number of hydrogen-bond donors (Lipinski definition) is 2. The highest BCUT2D eigenvalue weighted by atomic mass is 127. The fraction of sp³-hybridized carbons (Fsp3) is 0.440. The second-order valence-electron chi connectivity index (χ2n) is 9.51. The zero-order chi connectivity index (χ0) is 23.9. The van der Waals surface area contributed by atoms with E-state index in [1.807, 2.05) is 41.6 Å². The Balaban J connectivity index is 1.90. The lowest BCUT2D eigenvalue weighted by Gasteiger charge is -2.33. The SMILES string of the molecule is CCOc1cc(C=NNC(=O)COc2ccc(C(C)(C)CC(C)(C)C)cc2)cc(I)c1O. The van der Waals surface area contributed by atoms with Gasteiger partial charge in [-0.1, -0.05) is 46.8 Å². The van der Waals surface area contributed by atoms with Crippen molar-refractivity contribution in [3.63, 3.8) is 0 Å². The molecule has 32 heavy (non-hydrogen) atoms. The van der Waals surface area contributed by atoms with E-state index >= 15 is 0 Å². The summed E-state index contributed by atoms with van der Waals surface area (Å²) < 4.78 is 11.6. The lowest BCUT2D eigenvalue weighted by atomic mass is 9.72. The van der Waals surface area contributed by atoms with Crippen molar-refractivity contribution < 1.29 is 19.4 Å². The number of hydrogen-bond acceptors (Lipinski definition) is 5. The summed E-state index contributed by atoms with van der Waals surface area (Å²) in [5.74, 6) is 0.741. The number of ether oxygens (including phenoxy) is 2. The van der Waals surface area contributed by atoms with Crippen LogP contribution in [-0.2, 0) is 10.2 Å². The van der Waals surface area contributed by atoms with Crippen molar-refractivity contribution in [2.24, 2.45) is 10.5 Å². The number of phenols is 1. The van der Waals surface area contributed by atoms with Gasteiger partial charge in [0.2, 0.25) is 0 Å². The van der Waals surface area contributed by atoms with Crippen LogP contribution in [0, 0.1) is 8.99 Å². The molecule has 0 aromatic heterocycles. The van der Waals surface area contributed by atoms with Crippen molar-refractivity contribution in [2.75, 3.05) is 13.2 Å². The Kier molecular flexibility index (Phi) is 8.95. The van der Waals surface area contributed by atoms with Gasteiger partial charge in [0.15, 0.2) is 18.1 Å². The molecule has 2 aromatic carbocycles. The van der Waals surface area contributed by atoms with Gasteiger partial charge in [0.05, 0.1) is 16.4 Å². The first kappa shape index (κ1) is 26.0. The van der Waals surface area contributed by atoms with E-state index in [2.05, 4.69) is 57.3 Å². The zero-order valence-corrected chi connectivity index (χ0v) is 21.8. The molecule has 2 rings (SSSR count). The number of aromatic hydroxyl groups is 1. The van der Waals surface area contributed by atoms with Crippen LogP contribution in [0.5, 0.6) is 17.2 Å². The van der Waals surface area contributed by atoms with E-state index in [-0.39, 0.29) is 29.1 Å². The monoisotopic (exact) mass is 552 g/mol. The van der Waals surface area contributed by atoms with Gasteiger partial charge in [-0.2, -0.15) is 5.10 Å². The Hall–Kier alpha value is -2.29. The van der Waals surface area contributed by atoms with Gasteiger partial charge in [0.25, 0.3) is 5.91 Å². The Morgan fingerprint density at radius 3 is 2.38 bits per heavy atom. The molecule has 0 saturated carbocycles. The van der Waals surface area contributed by atoms with Gasteiger partial charge in [-0.3, -0.25) is 4.79 Å². The molecule has 6 nitrogen and oxygen atoms in total. The third kappa shape index (κ3) is 8.00. The van der Waals surface area contributed by atoms with Crippen LogP contribution in [0.1, 0.15) is 59.1 Å².